The molecule has 0 radical (unpaired) electrons. The Morgan fingerprint density at radius 2 is 1.95 bits per heavy atom. The molecule has 7 heteroatoms. The summed E-state index contributed by atoms with van der Waals surface area (Å²) in [4.78, 5) is 0. The van der Waals surface area contributed by atoms with Crippen molar-refractivity contribution < 1.29 is 8.78 Å². The van der Waals surface area contributed by atoms with Gasteiger partial charge in [0, 0.05) is 13.1 Å². The van der Waals surface area contributed by atoms with Gasteiger partial charge in [-0.1, -0.05) is 12.1 Å². The molecule has 1 aromatic heterocycles. The second-order valence-electron chi connectivity index (χ2n) is 4.08. The Balaban J connectivity index is 2.51. The average Bonchev–Trinajstić information content (AvgIpc) is 2.65. The molecule has 0 aliphatic carbocycles. The lowest BCUT2D eigenvalue weighted by Crippen LogP contribution is -2.25. The van der Waals surface area contributed by atoms with E-state index in [0.29, 0.717) is 22.4 Å². The molecule has 2 aromatic rings. The van der Waals surface area contributed by atoms with Crippen molar-refractivity contribution in [2.45, 2.75) is 13.0 Å². The Morgan fingerprint density at radius 1 is 1.32 bits per heavy atom. The third-order valence-corrected chi connectivity index (χ3v) is 3.29. The van der Waals surface area contributed by atoms with Gasteiger partial charge in [0.25, 0.3) is 0 Å². The Hall–Kier alpha value is -1.34. The Kier molecular flexibility index (Phi) is 4.26. The fourth-order valence-electron chi connectivity index (χ4n) is 1.96. The van der Waals surface area contributed by atoms with Gasteiger partial charge in [-0.2, -0.15) is 0 Å². The minimum atomic E-state index is -0.607. The first-order valence-corrected chi connectivity index (χ1v) is 6.56. The van der Waals surface area contributed by atoms with Gasteiger partial charge in [-0.05, 0) is 40.2 Å². The number of rotatable bonds is 4. The molecular formula is C12H13BrF2N4. The van der Waals surface area contributed by atoms with Gasteiger partial charge in [0.05, 0.1) is 11.7 Å². The third-order valence-electron chi connectivity index (χ3n) is 2.73. The number of aryl methyl sites for hydroxylation is 1. The molecule has 0 saturated carbocycles. The van der Waals surface area contributed by atoms with Crippen LogP contribution in [-0.2, 0) is 7.05 Å². The molecule has 0 fully saturated rings. The number of hydrogen-bond acceptors (Lipinski definition) is 3. The van der Waals surface area contributed by atoms with Gasteiger partial charge < -0.3 is 5.32 Å². The SMILES string of the molecule is CCNC(c1cc(F)cc(F)c1)c1c(Br)nnn1C. The first kappa shape index (κ1) is 14.1. The Bertz CT molecular complexity index is 545. The van der Waals surface area contributed by atoms with Crippen LogP contribution in [0.3, 0.4) is 0 Å². The molecule has 0 aliphatic rings. The van der Waals surface area contributed by atoms with E-state index in [-0.39, 0.29) is 6.04 Å². The molecule has 1 heterocycles. The van der Waals surface area contributed by atoms with Crippen molar-refractivity contribution >= 4 is 15.9 Å². The van der Waals surface area contributed by atoms with Crippen molar-refractivity contribution in [3.63, 3.8) is 0 Å². The van der Waals surface area contributed by atoms with Gasteiger partial charge >= 0.3 is 0 Å². The van der Waals surface area contributed by atoms with E-state index >= 15 is 0 Å². The van der Waals surface area contributed by atoms with Gasteiger partial charge in [0.1, 0.15) is 11.6 Å². The molecule has 19 heavy (non-hydrogen) atoms. The van der Waals surface area contributed by atoms with Crippen LogP contribution in [0.25, 0.3) is 0 Å². The van der Waals surface area contributed by atoms with Gasteiger partial charge in [-0.25, -0.2) is 13.5 Å². The maximum Gasteiger partial charge on any atom is 0.153 e. The van der Waals surface area contributed by atoms with Gasteiger partial charge in [-0.3, -0.25) is 0 Å². The van der Waals surface area contributed by atoms with Crippen molar-refractivity contribution in [1.29, 1.82) is 0 Å². The predicted molar refractivity (Wildman–Crippen MR) is 70.6 cm³/mol. The Labute approximate surface area is 117 Å². The molecule has 0 saturated heterocycles. The summed E-state index contributed by atoms with van der Waals surface area (Å²) >= 11 is 3.30. The Morgan fingerprint density at radius 3 is 2.42 bits per heavy atom. The van der Waals surface area contributed by atoms with Crippen LogP contribution >= 0.6 is 15.9 Å². The maximum atomic E-state index is 13.4. The quantitative estimate of drug-likeness (QED) is 0.936. The highest BCUT2D eigenvalue weighted by molar-refractivity contribution is 9.10. The van der Waals surface area contributed by atoms with Crippen LogP contribution in [0.2, 0.25) is 0 Å². The molecule has 0 amide bonds. The van der Waals surface area contributed by atoms with Crippen molar-refractivity contribution in [1.82, 2.24) is 20.3 Å². The van der Waals surface area contributed by atoms with Gasteiger partial charge in [0.2, 0.25) is 0 Å². The smallest absolute Gasteiger partial charge is 0.153 e. The summed E-state index contributed by atoms with van der Waals surface area (Å²) in [5.41, 5.74) is 1.21. The average molecular weight is 331 g/mol. The number of hydrogen-bond donors (Lipinski definition) is 1. The number of nitrogens with zero attached hydrogens (tertiary/aromatic N) is 3. The molecular weight excluding hydrogens is 318 g/mol. The zero-order valence-electron chi connectivity index (χ0n) is 10.5. The molecule has 1 aromatic carbocycles. The van der Waals surface area contributed by atoms with E-state index in [4.69, 9.17) is 0 Å². The summed E-state index contributed by atoms with van der Waals surface area (Å²) in [6.07, 6.45) is 0. The van der Waals surface area contributed by atoms with E-state index in [9.17, 15) is 8.78 Å². The molecule has 2 rings (SSSR count). The van der Waals surface area contributed by atoms with Crippen molar-refractivity contribution in [2.24, 2.45) is 7.05 Å². The molecule has 102 valence electrons. The zero-order chi connectivity index (χ0) is 14.0. The minimum Gasteiger partial charge on any atom is -0.305 e. The van der Waals surface area contributed by atoms with Crippen molar-refractivity contribution in [3.8, 4) is 0 Å². The van der Waals surface area contributed by atoms with Crippen LogP contribution in [-0.4, -0.2) is 21.5 Å². The predicted octanol–water partition coefficient (Wildman–Crippen LogP) is 2.55. The molecule has 1 unspecified atom stereocenters. The van der Waals surface area contributed by atoms with E-state index in [0.717, 1.165) is 6.07 Å². The highest BCUT2D eigenvalue weighted by Gasteiger charge is 2.22. The molecule has 0 aliphatic heterocycles. The second-order valence-corrected chi connectivity index (χ2v) is 4.83. The van der Waals surface area contributed by atoms with Crippen molar-refractivity contribution in [3.05, 3.63) is 45.7 Å². The number of halogens is 3. The van der Waals surface area contributed by atoms with E-state index in [2.05, 4.69) is 31.6 Å². The highest BCUT2D eigenvalue weighted by Crippen LogP contribution is 2.27. The molecule has 0 bridgehead atoms. The van der Waals surface area contributed by atoms with Crippen LogP contribution in [0.4, 0.5) is 8.78 Å². The first-order valence-electron chi connectivity index (χ1n) is 5.77. The number of aromatic nitrogens is 3. The molecule has 0 spiro atoms. The monoisotopic (exact) mass is 330 g/mol. The number of benzene rings is 1. The number of nitrogens with one attached hydrogen (secondary N) is 1. The summed E-state index contributed by atoms with van der Waals surface area (Å²) < 4.78 is 28.8. The summed E-state index contributed by atoms with van der Waals surface area (Å²) in [5.74, 6) is -1.21. The normalized spacial score (nSPS) is 12.7. The van der Waals surface area contributed by atoms with Crippen LogP contribution < -0.4 is 5.32 Å². The standard InChI is InChI=1S/C12H13BrF2N4/c1-3-16-10(11-12(13)17-18-19(11)2)7-4-8(14)6-9(15)5-7/h4-6,10,16H,3H2,1-2H3. The third kappa shape index (κ3) is 2.98. The fraction of sp³-hybridized carbons (Fsp3) is 0.333. The molecule has 1 atom stereocenters. The van der Waals surface area contributed by atoms with Crippen LogP contribution in [0.1, 0.15) is 24.2 Å². The second kappa shape index (κ2) is 5.75. The summed E-state index contributed by atoms with van der Waals surface area (Å²) in [5, 5.41) is 10.9. The topological polar surface area (TPSA) is 42.7 Å². The van der Waals surface area contributed by atoms with Gasteiger partial charge in [-0.15, -0.1) is 5.10 Å². The summed E-state index contributed by atoms with van der Waals surface area (Å²) in [7, 11) is 1.73. The molecule has 4 nitrogen and oxygen atoms in total. The lowest BCUT2D eigenvalue weighted by molar-refractivity contribution is 0.544. The van der Waals surface area contributed by atoms with Crippen LogP contribution in [0.5, 0.6) is 0 Å². The maximum absolute atomic E-state index is 13.4. The highest BCUT2D eigenvalue weighted by atomic mass is 79.9. The fourth-order valence-corrected chi connectivity index (χ4v) is 2.52. The van der Waals surface area contributed by atoms with Crippen molar-refractivity contribution in [2.75, 3.05) is 6.54 Å². The van der Waals surface area contributed by atoms with Gasteiger partial charge in [0.15, 0.2) is 4.60 Å². The van der Waals surface area contributed by atoms with Crippen LogP contribution in [0.15, 0.2) is 22.8 Å². The van der Waals surface area contributed by atoms with E-state index in [1.165, 1.54) is 12.1 Å². The zero-order valence-corrected chi connectivity index (χ0v) is 12.1. The van der Waals surface area contributed by atoms with E-state index < -0.39 is 11.6 Å². The van der Waals surface area contributed by atoms with E-state index in [1.54, 1.807) is 11.7 Å². The minimum absolute atomic E-state index is 0.385. The molecule has 1 N–H and O–H groups in total. The van der Waals surface area contributed by atoms with Crippen LogP contribution in [0, 0.1) is 11.6 Å². The van der Waals surface area contributed by atoms with E-state index in [1.807, 2.05) is 6.92 Å². The summed E-state index contributed by atoms with van der Waals surface area (Å²) in [6, 6.07) is 3.07. The lowest BCUT2D eigenvalue weighted by Gasteiger charge is -2.18. The lowest BCUT2D eigenvalue weighted by atomic mass is 10.0. The largest absolute Gasteiger partial charge is 0.305 e. The first-order chi connectivity index (χ1) is 9.02. The summed E-state index contributed by atoms with van der Waals surface area (Å²) in [6.45, 7) is 2.56.